The van der Waals surface area contributed by atoms with Crippen molar-refractivity contribution >= 4 is 6.09 Å². The number of carbonyl (C=O) groups is 1. The van der Waals surface area contributed by atoms with Crippen molar-refractivity contribution < 1.29 is 19.0 Å². The summed E-state index contributed by atoms with van der Waals surface area (Å²) < 4.78 is 17.9. The number of amides is 1. The zero-order valence-electron chi connectivity index (χ0n) is 22.7. The average Bonchev–Trinajstić information content (AvgIpc) is 2.94. The molecule has 200 valence electrons. The molecule has 0 spiro atoms. The van der Waals surface area contributed by atoms with Crippen LogP contribution in [0, 0.1) is 0 Å². The van der Waals surface area contributed by atoms with Crippen LogP contribution < -0.4 is 9.47 Å². The lowest BCUT2D eigenvalue weighted by atomic mass is 9.95. The van der Waals surface area contributed by atoms with E-state index >= 15 is 0 Å². The van der Waals surface area contributed by atoms with Crippen LogP contribution in [0.1, 0.15) is 43.0 Å². The van der Waals surface area contributed by atoms with Gasteiger partial charge >= 0.3 is 6.09 Å². The molecule has 0 fully saturated rings. The molecule has 1 aliphatic heterocycles. The quantitative estimate of drug-likeness (QED) is 0.257. The first-order chi connectivity index (χ1) is 18.8. The molecule has 0 saturated heterocycles. The van der Waals surface area contributed by atoms with Gasteiger partial charge in [0, 0.05) is 24.7 Å². The third-order valence-electron chi connectivity index (χ3n) is 6.46. The Balaban J connectivity index is 1.40. The molecule has 0 saturated carbocycles. The molecule has 4 aromatic rings. The molecule has 0 radical (unpaired) electrons. The fraction of sp³-hybridized carbons (Fsp3) is 0.273. The third kappa shape index (κ3) is 6.96. The van der Waals surface area contributed by atoms with Gasteiger partial charge in [0.05, 0.1) is 0 Å². The first-order valence-electron chi connectivity index (χ1n) is 13.3. The topological polar surface area (TPSA) is 60.9 Å². The maximum absolute atomic E-state index is 12.7. The van der Waals surface area contributed by atoms with Crippen LogP contribution in [0.5, 0.6) is 11.8 Å². The second kappa shape index (κ2) is 11.6. The van der Waals surface area contributed by atoms with E-state index in [2.05, 4.69) is 18.2 Å². The van der Waals surface area contributed by atoms with Gasteiger partial charge in [0.1, 0.15) is 18.8 Å². The molecule has 0 bridgehead atoms. The molecule has 2 heterocycles. The van der Waals surface area contributed by atoms with Crippen molar-refractivity contribution in [1.82, 2.24) is 9.88 Å². The molecule has 0 atom stereocenters. The number of carbonyl (C=O) groups excluding carboxylic acids is 1. The lowest BCUT2D eigenvalue weighted by Gasteiger charge is -2.31. The van der Waals surface area contributed by atoms with Crippen LogP contribution in [0.4, 0.5) is 4.79 Å². The first-order valence-corrected chi connectivity index (χ1v) is 13.3. The monoisotopic (exact) mass is 522 g/mol. The molecule has 6 nitrogen and oxygen atoms in total. The highest BCUT2D eigenvalue weighted by molar-refractivity contribution is 5.72. The minimum absolute atomic E-state index is 0.285. The Morgan fingerprint density at radius 1 is 0.821 bits per heavy atom. The Morgan fingerprint density at radius 3 is 2.15 bits per heavy atom. The summed E-state index contributed by atoms with van der Waals surface area (Å²) in [4.78, 5) is 19.2. The lowest BCUT2D eigenvalue weighted by molar-refractivity contribution is 0.0224. The summed E-state index contributed by atoms with van der Waals surface area (Å²) in [6, 6.07) is 30.3. The van der Waals surface area contributed by atoms with Crippen LogP contribution in [-0.4, -0.2) is 28.1 Å². The zero-order chi connectivity index (χ0) is 27.2. The van der Waals surface area contributed by atoms with Gasteiger partial charge in [-0.05, 0) is 67.1 Å². The summed E-state index contributed by atoms with van der Waals surface area (Å²) in [5.74, 6) is 1.00. The van der Waals surface area contributed by atoms with Crippen molar-refractivity contribution in [2.24, 2.45) is 0 Å². The normalized spacial score (nSPS) is 12.9. The molecule has 0 aliphatic carbocycles. The maximum Gasteiger partial charge on any atom is 0.410 e. The summed E-state index contributed by atoms with van der Waals surface area (Å²) in [5, 5.41) is 0. The van der Waals surface area contributed by atoms with Crippen LogP contribution in [0.15, 0.2) is 91.0 Å². The summed E-state index contributed by atoms with van der Waals surface area (Å²) in [6.07, 6.45) is 0.503. The number of hydrogen-bond donors (Lipinski definition) is 0. The Hall–Kier alpha value is -4.32. The SMILES string of the molecule is CC(C)(C)OC(=O)N1CCc2ccc(-c3ccc(OCc4ccccc4)nc3OCc3ccccc3)cc2C1. The zero-order valence-corrected chi connectivity index (χ0v) is 22.7. The van der Waals surface area contributed by atoms with Crippen molar-refractivity contribution in [1.29, 1.82) is 0 Å². The number of rotatable bonds is 7. The largest absolute Gasteiger partial charge is 0.473 e. The highest BCUT2D eigenvalue weighted by Gasteiger charge is 2.26. The number of fused-ring (bicyclic) bond motifs is 1. The molecular weight excluding hydrogens is 488 g/mol. The maximum atomic E-state index is 12.7. The fourth-order valence-corrected chi connectivity index (χ4v) is 4.50. The van der Waals surface area contributed by atoms with E-state index < -0.39 is 5.60 Å². The standard InChI is InChI=1S/C33H34N2O4/c1-33(2,3)39-32(36)35-19-18-26-14-15-27(20-28(26)21-35)29-16-17-30(37-22-24-10-6-4-7-11-24)34-31(29)38-23-25-12-8-5-9-13-25/h4-17,20H,18-19,21-23H2,1-3H3. The molecule has 5 rings (SSSR count). The minimum atomic E-state index is -0.528. The number of pyridine rings is 1. The number of aromatic nitrogens is 1. The van der Waals surface area contributed by atoms with Gasteiger partial charge < -0.3 is 19.1 Å². The van der Waals surface area contributed by atoms with E-state index in [1.165, 1.54) is 5.56 Å². The predicted octanol–water partition coefficient (Wildman–Crippen LogP) is 7.20. The van der Waals surface area contributed by atoms with Gasteiger partial charge in [-0.2, -0.15) is 4.98 Å². The Labute approximate surface area is 230 Å². The molecule has 0 N–H and O–H groups in total. The first kappa shape index (κ1) is 26.3. The number of nitrogens with zero attached hydrogens (tertiary/aromatic N) is 2. The molecule has 3 aromatic carbocycles. The summed E-state index contributed by atoms with van der Waals surface area (Å²) >= 11 is 0. The van der Waals surface area contributed by atoms with Crippen LogP contribution >= 0.6 is 0 Å². The van der Waals surface area contributed by atoms with Gasteiger partial charge in [0.2, 0.25) is 11.8 Å². The van der Waals surface area contributed by atoms with Crippen LogP contribution in [0.2, 0.25) is 0 Å². The predicted molar refractivity (Wildman–Crippen MR) is 152 cm³/mol. The number of benzene rings is 3. The van der Waals surface area contributed by atoms with E-state index in [9.17, 15) is 4.79 Å². The van der Waals surface area contributed by atoms with E-state index in [4.69, 9.17) is 19.2 Å². The van der Waals surface area contributed by atoms with E-state index in [1.54, 1.807) is 4.90 Å². The fourth-order valence-electron chi connectivity index (χ4n) is 4.50. The summed E-state index contributed by atoms with van der Waals surface area (Å²) in [6.45, 7) is 7.62. The Bertz CT molecular complexity index is 1420. The molecule has 39 heavy (non-hydrogen) atoms. The lowest BCUT2D eigenvalue weighted by Crippen LogP contribution is -2.39. The summed E-state index contributed by atoms with van der Waals surface area (Å²) in [5.41, 5.74) is 5.78. The van der Waals surface area contributed by atoms with E-state index in [-0.39, 0.29) is 6.09 Å². The van der Waals surface area contributed by atoms with Gasteiger partial charge in [-0.25, -0.2) is 4.79 Å². The molecule has 0 unspecified atom stereocenters. The van der Waals surface area contributed by atoms with Gasteiger partial charge in [-0.15, -0.1) is 0 Å². The highest BCUT2D eigenvalue weighted by atomic mass is 16.6. The van der Waals surface area contributed by atoms with E-state index in [0.717, 1.165) is 34.2 Å². The van der Waals surface area contributed by atoms with Crippen molar-refractivity contribution in [2.45, 2.75) is 52.6 Å². The van der Waals surface area contributed by atoms with Crippen molar-refractivity contribution in [3.05, 3.63) is 113 Å². The van der Waals surface area contributed by atoms with Gasteiger partial charge in [-0.1, -0.05) is 72.8 Å². The number of ether oxygens (including phenoxy) is 3. The third-order valence-corrected chi connectivity index (χ3v) is 6.46. The van der Waals surface area contributed by atoms with Crippen molar-refractivity contribution in [3.8, 4) is 22.9 Å². The molecule has 1 aliphatic rings. The van der Waals surface area contributed by atoms with Crippen LogP contribution in [-0.2, 0) is 30.9 Å². The van der Waals surface area contributed by atoms with Gasteiger partial charge in [0.15, 0.2) is 0 Å². The number of hydrogen-bond acceptors (Lipinski definition) is 5. The van der Waals surface area contributed by atoms with E-state index in [0.29, 0.717) is 38.1 Å². The second-order valence-electron chi connectivity index (χ2n) is 10.7. The molecule has 1 aromatic heterocycles. The van der Waals surface area contributed by atoms with Crippen LogP contribution in [0.25, 0.3) is 11.1 Å². The Kier molecular flexibility index (Phi) is 7.82. The molecular formula is C33H34N2O4. The second-order valence-corrected chi connectivity index (χ2v) is 10.7. The van der Waals surface area contributed by atoms with Crippen molar-refractivity contribution in [3.63, 3.8) is 0 Å². The highest BCUT2D eigenvalue weighted by Crippen LogP contribution is 2.34. The van der Waals surface area contributed by atoms with Gasteiger partial charge in [0.25, 0.3) is 0 Å². The van der Waals surface area contributed by atoms with Gasteiger partial charge in [-0.3, -0.25) is 0 Å². The van der Waals surface area contributed by atoms with Crippen molar-refractivity contribution in [2.75, 3.05) is 6.54 Å². The minimum Gasteiger partial charge on any atom is -0.473 e. The smallest absolute Gasteiger partial charge is 0.410 e. The summed E-state index contributed by atoms with van der Waals surface area (Å²) in [7, 11) is 0. The van der Waals surface area contributed by atoms with E-state index in [1.807, 2.05) is 93.6 Å². The Morgan fingerprint density at radius 2 is 1.49 bits per heavy atom. The average molecular weight is 523 g/mol. The van der Waals surface area contributed by atoms with Crippen LogP contribution in [0.3, 0.4) is 0 Å². The molecule has 1 amide bonds. The molecule has 6 heteroatoms.